The zero-order chi connectivity index (χ0) is 17.5. The molecule has 2 aromatic heterocycles. The molecule has 1 aliphatic carbocycles. The van der Waals surface area contributed by atoms with Gasteiger partial charge in [-0.1, -0.05) is 0 Å². The number of aromatic nitrogens is 3. The Morgan fingerprint density at radius 2 is 2.17 bits per heavy atom. The van der Waals surface area contributed by atoms with Crippen molar-refractivity contribution in [3.8, 4) is 0 Å². The highest BCUT2D eigenvalue weighted by Gasteiger charge is 2.39. The van der Waals surface area contributed by atoms with Gasteiger partial charge in [-0.05, 0) is 30.9 Å². The van der Waals surface area contributed by atoms with Crippen LogP contribution in [0.3, 0.4) is 0 Å². The maximum absolute atomic E-state index is 13.0. The van der Waals surface area contributed by atoms with Gasteiger partial charge < -0.3 is 10.3 Å². The SMILES string of the molecule is Cn1cc(C(=O)NC2CCCc3[nH]c(=O)ccc32)c(C(F)(F)F)n1. The average molecular weight is 340 g/mol. The summed E-state index contributed by atoms with van der Waals surface area (Å²) in [4.78, 5) is 26.4. The van der Waals surface area contributed by atoms with E-state index in [4.69, 9.17) is 0 Å². The topological polar surface area (TPSA) is 79.8 Å². The highest BCUT2D eigenvalue weighted by molar-refractivity contribution is 5.95. The summed E-state index contributed by atoms with van der Waals surface area (Å²) in [5.74, 6) is -0.834. The number of H-pyrrole nitrogens is 1. The third kappa shape index (κ3) is 3.06. The van der Waals surface area contributed by atoms with E-state index in [0.717, 1.165) is 22.9 Å². The van der Waals surface area contributed by atoms with Crippen LogP contribution in [0.15, 0.2) is 23.1 Å². The number of aromatic amines is 1. The monoisotopic (exact) mass is 340 g/mol. The van der Waals surface area contributed by atoms with Gasteiger partial charge in [-0.3, -0.25) is 14.3 Å². The van der Waals surface area contributed by atoms with Crippen LogP contribution in [0.25, 0.3) is 0 Å². The third-order valence-electron chi connectivity index (χ3n) is 3.98. The van der Waals surface area contributed by atoms with Crippen molar-refractivity contribution < 1.29 is 18.0 Å². The molecule has 0 saturated carbocycles. The molecule has 1 aliphatic rings. The van der Waals surface area contributed by atoms with Gasteiger partial charge in [0.05, 0.1) is 11.6 Å². The predicted octanol–water partition coefficient (Wildman–Crippen LogP) is 1.93. The van der Waals surface area contributed by atoms with Crippen molar-refractivity contribution >= 4 is 5.91 Å². The Balaban J connectivity index is 1.89. The molecule has 0 bridgehead atoms. The van der Waals surface area contributed by atoms with Crippen molar-refractivity contribution in [3.63, 3.8) is 0 Å². The number of halogens is 3. The maximum Gasteiger partial charge on any atom is 0.435 e. The Morgan fingerprint density at radius 1 is 1.42 bits per heavy atom. The number of hydrogen-bond acceptors (Lipinski definition) is 3. The number of pyridine rings is 1. The van der Waals surface area contributed by atoms with Gasteiger partial charge in [-0.15, -0.1) is 0 Å². The standard InChI is InChI=1S/C15H15F3N4O2/c1-22-7-9(13(21-22)15(16,17)18)14(24)20-11-4-2-3-10-8(11)5-6-12(23)19-10/h5-7,11H,2-4H2,1H3,(H,19,23)(H,20,24). The van der Waals surface area contributed by atoms with Gasteiger partial charge in [-0.2, -0.15) is 18.3 Å². The number of aryl methyl sites for hydroxylation is 2. The first-order valence-corrected chi connectivity index (χ1v) is 7.39. The molecule has 1 atom stereocenters. The van der Waals surface area contributed by atoms with E-state index in [0.29, 0.717) is 18.5 Å². The number of rotatable bonds is 2. The first-order valence-electron chi connectivity index (χ1n) is 7.39. The van der Waals surface area contributed by atoms with Gasteiger partial charge in [0.2, 0.25) is 5.56 Å². The number of carbonyl (C=O) groups excluding carboxylic acids is 1. The van der Waals surface area contributed by atoms with E-state index in [1.165, 1.54) is 13.1 Å². The Kier molecular flexibility index (Phi) is 3.94. The Labute approximate surface area is 134 Å². The number of nitrogens with one attached hydrogen (secondary N) is 2. The summed E-state index contributed by atoms with van der Waals surface area (Å²) < 4.78 is 39.9. The molecule has 0 fully saturated rings. The fraction of sp³-hybridized carbons (Fsp3) is 0.400. The van der Waals surface area contributed by atoms with Crippen molar-refractivity contribution in [2.24, 2.45) is 7.05 Å². The molecule has 0 saturated heterocycles. The first kappa shape index (κ1) is 16.3. The summed E-state index contributed by atoms with van der Waals surface area (Å²) in [5.41, 5.74) is -0.526. The predicted molar refractivity (Wildman–Crippen MR) is 78.4 cm³/mol. The molecule has 0 aromatic carbocycles. The lowest BCUT2D eigenvalue weighted by Gasteiger charge is -2.25. The van der Waals surface area contributed by atoms with Crippen LogP contribution in [-0.4, -0.2) is 20.7 Å². The Bertz CT molecular complexity index is 838. The van der Waals surface area contributed by atoms with Crippen molar-refractivity contribution in [2.45, 2.75) is 31.5 Å². The smallest absolute Gasteiger partial charge is 0.345 e. The van der Waals surface area contributed by atoms with Crippen LogP contribution in [0.2, 0.25) is 0 Å². The van der Waals surface area contributed by atoms with Gasteiger partial charge >= 0.3 is 6.18 Å². The zero-order valence-corrected chi connectivity index (χ0v) is 12.8. The van der Waals surface area contributed by atoms with E-state index in [-0.39, 0.29) is 5.56 Å². The van der Waals surface area contributed by atoms with Crippen molar-refractivity contribution in [3.05, 3.63) is 51.2 Å². The van der Waals surface area contributed by atoms with Crippen LogP contribution in [0, 0.1) is 0 Å². The summed E-state index contributed by atoms with van der Waals surface area (Å²) in [6.07, 6.45) is -1.68. The normalized spacial score (nSPS) is 17.4. The highest BCUT2D eigenvalue weighted by atomic mass is 19.4. The lowest BCUT2D eigenvalue weighted by atomic mass is 9.91. The van der Waals surface area contributed by atoms with E-state index in [1.54, 1.807) is 6.07 Å². The van der Waals surface area contributed by atoms with Crippen molar-refractivity contribution in [2.75, 3.05) is 0 Å². The average Bonchev–Trinajstić information content (AvgIpc) is 2.89. The number of hydrogen-bond donors (Lipinski definition) is 2. The molecular weight excluding hydrogens is 325 g/mol. The van der Waals surface area contributed by atoms with Gasteiger partial charge in [0.25, 0.3) is 5.91 Å². The number of carbonyl (C=O) groups is 1. The summed E-state index contributed by atoms with van der Waals surface area (Å²) >= 11 is 0. The van der Waals surface area contributed by atoms with E-state index < -0.39 is 29.4 Å². The van der Waals surface area contributed by atoms with Gasteiger partial charge in [0.1, 0.15) is 0 Å². The fourth-order valence-corrected chi connectivity index (χ4v) is 2.95. The first-order chi connectivity index (χ1) is 11.3. The van der Waals surface area contributed by atoms with Crippen LogP contribution in [0.4, 0.5) is 13.2 Å². The summed E-state index contributed by atoms with van der Waals surface area (Å²) in [5, 5.41) is 5.96. The molecule has 128 valence electrons. The fourth-order valence-electron chi connectivity index (χ4n) is 2.95. The molecule has 2 heterocycles. The van der Waals surface area contributed by atoms with Gasteiger partial charge in [-0.25, -0.2) is 0 Å². The van der Waals surface area contributed by atoms with E-state index >= 15 is 0 Å². The highest BCUT2D eigenvalue weighted by Crippen LogP contribution is 2.32. The molecule has 0 radical (unpaired) electrons. The number of nitrogens with zero attached hydrogens (tertiary/aromatic N) is 2. The molecule has 2 aromatic rings. The molecule has 1 amide bonds. The largest absolute Gasteiger partial charge is 0.435 e. The summed E-state index contributed by atoms with van der Waals surface area (Å²) in [6.45, 7) is 0. The Morgan fingerprint density at radius 3 is 2.88 bits per heavy atom. The minimum atomic E-state index is -4.70. The molecule has 0 aliphatic heterocycles. The van der Waals surface area contributed by atoms with Gasteiger partial charge in [0.15, 0.2) is 5.69 Å². The summed E-state index contributed by atoms with van der Waals surface area (Å²) in [7, 11) is 1.33. The van der Waals surface area contributed by atoms with Crippen LogP contribution in [-0.2, 0) is 19.6 Å². The molecule has 9 heteroatoms. The van der Waals surface area contributed by atoms with E-state index in [2.05, 4.69) is 15.4 Å². The van der Waals surface area contributed by atoms with Crippen LogP contribution >= 0.6 is 0 Å². The lowest BCUT2D eigenvalue weighted by Crippen LogP contribution is -2.33. The van der Waals surface area contributed by atoms with E-state index in [1.807, 2.05) is 0 Å². The zero-order valence-electron chi connectivity index (χ0n) is 12.8. The number of alkyl halides is 3. The van der Waals surface area contributed by atoms with Crippen LogP contribution < -0.4 is 10.9 Å². The summed E-state index contributed by atoms with van der Waals surface area (Å²) in [6, 6.07) is 2.50. The molecule has 0 spiro atoms. The minimum Gasteiger partial charge on any atom is -0.345 e. The van der Waals surface area contributed by atoms with E-state index in [9.17, 15) is 22.8 Å². The molecule has 6 nitrogen and oxygen atoms in total. The lowest BCUT2D eigenvalue weighted by molar-refractivity contribution is -0.141. The molecule has 24 heavy (non-hydrogen) atoms. The Hall–Kier alpha value is -2.58. The van der Waals surface area contributed by atoms with Crippen molar-refractivity contribution in [1.82, 2.24) is 20.1 Å². The minimum absolute atomic E-state index is 0.243. The van der Waals surface area contributed by atoms with Gasteiger partial charge in [0, 0.05) is 25.0 Å². The quantitative estimate of drug-likeness (QED) is 0.877. The molecular formula is C15H15F3N4O2. The third-order valence-corrected chi connectivity index (χ3v) is 3.98. The molecule has 3 rings (SSSR count). The van der Waals surface area contributed by atoms with Crippen LogP contribution in [0.5, 0.6) is 0 Å². The maximum atomic E-state index is 13.0. The second-order valence-corrected chi connectivity index (χ2v) is 5.74. The van der Waals surface area contributed by atoms with Crippen LogP contribution in [0.1, 0.15) is 46.2 Å². The molecule has 1 unspecified atom stereocenters. The molecule has 2 N–H and O–H groups in total. The second kappa shape index (κ2) is 5.81. The van der Waals surface area contributed by atoms with Crippen molar-refractivity contribution in [1.29, 1.82) is 0 Å². The second-order valence-electron chi connectivity index (χ2n) is 5.74. The number of amides is 1. The number of fused-ring (bicyclic) bond motifs is 1.